The van der Waals surface area contributed by atoms with E-state index >= 15 is 0 Å². The summed E-state index contributed by atoms with van der Waals surface area (Å²) >= 11 is 0. The molecule has 1 amide bonds. The number of carbonyl (C=O) groups excluding carboxylic acids is 1. The van der Waals surface area contributed by atoms with Gasteiger partial charge in [0.15, 0.2) is 0 Å². The van der Waals surface area contributed by atoms with Crippen LogP contribution in [0.3, 0.4) is 0 Å². The molecule has 1 heterocycles. The fourth-order valence-corrected chi connectivity index (χ4v) is 6.11. The molecule has 0 saturated carbocycles. The number of piperidine rings is 1. The number of carbonyl (C=O) groups is 1. The third-order valence-corrected chi connectivity index (χ3v) is 8.15. The number of rotatable bonds is 8. The number of nitrogens with zero attached hydrogens (tertiary/aromatic N) is 2. The van der Waals surface area contributed by atoms with E-state index in [4.69, 9.17) is 9.47 Å². The second-order valence-electron chi connectivity index (χ2n) is 11.5. The number of benzene rings is 2. The molecule has 0 N–H and O–H groups in total. The van der Waals surface area contributed by atoms with E-state index in [1.165, 1.54) is 21.3 Å². The number of anilines is 1. The zero-order chi connectivity index (χ0) is 28.3. The van der Waals surface area contributed by atoms with Gasteiger partial charge < -0.3 is 14.4 Å². The van der Waals surface area contributed by atoms with Crippen molar-refractivity contribution in [3.05, 3.63) is 53.6 Å². The number of hydrogen-bond acceptors (Lipinski definition) is 5. The highest BCUT2D eigenvalue weighted by Crippen LogP contribution is 2.30. The molecule has 2 aromatic rings. The van der Waals surface area contributed by atoms with Crippen molar-refractivity contribution in [2.45, 2.75) is 71.6 Å². The second kappa shape index (κ2) is 11.9. The van der Waals surface area contributed by atoms with Crippen LogP contribution in [0.5, 0.6) is 5.75 Å². The van der Waals surface area contributed by atoms with Crippen molar-refractivity contribution in [1.82, 2.24) is 4.90 Å². The molecule has 1 fully saturated rings. The maximum absolute atomic E-state index is 14.8. The molecule has 0 spiro atoms. The van der Waals surface area contributed by atoms with Crippen molar-refractivity contribution >= 4 is 21.8 Å². The molecule has 1 aliphatic rings. The molecule has 1 saturated heterocycles. The van der Waals surface area contributed by atoms with Gasteiger partial charge in [0.1, 0.15) is 17.5 Å². The first kappa shape index (κ1) is 29.7. The first-order valence-electron chi connectivity index (χ1n) is 13.1. The van der Waals surface area contributed by atoms with E-state index in [-0.39, 0.29) is 29.9 Å². The topological polar surface area (TPSA) is 76.2 Å². The lowest BCUT2D eigenvalue weighted by Crippen LogP contribution is -2.48. The van der Waals surface area contributed by atoms with Gasteiger partial charge in [-0.3, -0.25) is 4.31 Å². The van der Waals surface area contributed by atoms with Gasteiger partial charge in [0.25, 0.3) is 10.0 Å². The summed E-state index contributed by atoms with van der Waals surface area (Å²) in [6, 6.07) is 12.0. The fraction of sp³-hybridized carbons (Fsp3) is 0.552. The van der Waals surface area contributed by atoms with Crippen LogP contribution in [0.25, 0.3) is 0 Å². The largest absolute Gasteiger partial charge is 0.493 e. The molecule has 3 rings (SSSR count). The summed E-state index contributed by atoms with van der Waals surface area (Å²) in [5.74, 6) is 0.222. The number of aryl methyl sites for hydroxylation is 2. The molecular formula is C29H41FN2O5S. The summed E-state index contributed by atoms with van der Waals surface area (Å²) in [7, 11) is -3.80. The number of hydrogen-bond donors (Lipinski definition) is 0. The van der Waals surface area contributed by atoms with Gasteiger partial charge in [-0.25, -0.2) is 17.6 Å². The van der Waals surface area contributed by atoms with Crippen LogP contribution >= 0.6 is 0 Å². The van der Waals surface area contributed by atoms with Gasteiger partial charge in [-0.1, -0.05) is 31.5 Å². The Bertz CT molecular complexity index is 1210. The Kier molecular flexibility index (Phi) is 9.34. The summed E-state index contributed by atoms with van der Waals surface area (Å²) in [6.45, 7) is 14.0. The minimum Gasteiger partial charge on any atom is -0.493 e. The average molecular weight is 549 g/mol. The number of likely N-dealkylation sites (tertiary alicyclic amines) is 1. The van der Waals surface area contributed by atoms with E-state index < -0.39 is 27.9 Å². The van der Waals surface area contributed by atoms with Gasteiger partial charge in [0.05, 0.1) is 23.7 Å². The lowest BCUT2D eigenvalue weighted by Gasteiger charge is -2.35. The first-order chi connectivity index (χ1) is 17.7. The summed E-state index contributed by atoms with van der Waals surface area (Å²) in [5, 5.41) is 0. The standard InChI is InChI=1S/C29H41FN2O5S/c1-20(2)17-32(27-13-8-21(3)16-22(27)4)38(34,35)25-11-9-24(10-12-25)36-19-23-14-15-31(18-26(23)30)28(33)37-29(5,6)7/h8-13,16,20,23,26H,14-15,17-19H2,1-7H3/t23-,26-/m1/s1. The minimum atomic E-state index is -3.80. The van der Waals surface area contributed by atoms with Crippen molar-refractivity contribution in [2.24, 2.45) is 11.8 Å². The number of amides is 1. The molecule has 0 unspecified atom stereocenters. The van der Waals surface area contributed by atoms with Crippen molar-refractivity contribution < 1.29 is 27.1 Å². The highest BCUT2D eigenvalue weighted by Gasteiger charge is 2.34. The van der Waals surface area contributed by atoms with E-state index in [0.717, 1.165) is 11.1 Å². The summed E-state index contributed by atoms with van der Waals surface area (Å²) in [6.07, 6.45) is -1.30. The van der Waals surface area contributed by atoms with Gasteiger partial charge in [0, 0.05) is 19.0 Å². The first-order valence-corrected chi connectivity index (χ1v) is 14.6. The number of sulfonamides is 1. The maximum Gasteiger partial charge on any atom is 0.410 e. The number of halogens is 1. The van der Waals surface area contributed by atoms with Crippen LogP contribution < -0.4 is 9.04 Å². The zero-order valence-electron chi connectivity index (χ0n) is 23.5. The van der Waals surface area contributed by atoms with E-state index in [9.17, 15) is 17.6 Å². The third-order valence-electron chi connectivity index (χ3n) is 6.36. The van der Waals surface area contributed by atoms with Crippen LogP contribution in [0, 0.1) is 25.7 Å². The number of ether oxygens (including phenoxy) is 2. The molecule has 0 bridgehead atoms. The van der Waals surface area contributed by atoms with Gasteiger partial charge in [-0.05, 0) is 82.9 Å². The molecule has 210 valence electrons. The third kappa shape index (κ3) is 7.62. The molecule has 7 nitrogen and oxygen atoms in total. The molecule has 38 heavy (non-hydrogen) atoms. The highest BCUT2D eigenvalue weighted by molar-refractivity contribution is 7.92. The normalized spacial score (nSPS) is 18.4. The average Bonchev–Trinajstić information content (AvgIpc) is 2.81. The molecule has 2 aromatic carbocycles. The van der Waals surface area contributed by atoms with Gasteiger partial charge in [0.2, 0.25) is 0 Å². The molecule has 0 aromatic heterocycles. The van der Waals surface area contributed by atoms with E-state index in [2.05, 4.69) is 0 Å². The van der Waals surface area contributed by atoms with Crippen LogP contribution in [-0.2, 0) is 14.8 Å². The molecule has 0 radical (unpaired) electrons. The van der Waals surface area contributed by atoms with Crippen LogP contribution in [0.15, 0.2) is 47.4 Å². The van der Waals surface area contributed by atoms with E-state index in [0.29, 0.717) is 30.9 Å². The Labute approximate surface area is 227 Å². The van der Waals surface area contributed by atoms with Crippen molar-refractivity contribution in [2.75, 3.05) is 30.5 Å². The van der Waals surface area contributed by atoms with Gasteiger partial charge in [-0.15, -0.1) is 0 Å². The second-order valence-corrected chi connectivity index (χ2v) is 13.4. The predicted octanol–water partition coefficient (Wildman–Crippen LogP) is 6.13. The summed E-state index contributed by atoms with van der Waals surface area (Å²) in [4.78, 5) is 13.8. The zero-order valence-corrected chi connectivity index (χ0v) is 24.3. The van der Waals surface area contributed by atoms with Gasteiger partial charge in [-0.2, -0.15) is 0 Å². The lowest BCUT2D eigenvalue weighted by atomic mass is 9.96. The highest BCUT2D eigenvalue weighted by atomic mass is 32.2. The lowest BCUT2D eigenvalue weighted by molar-refractivity contribution is 0.000402. The Hall–Kier alpha value is -2.81. The van der Waals surface area contributed by atoms with Crippen LogP contribution in [-0.4, -0.2) is 57.4 Å². The molecule has 2 atom stereocenters. The Morgan fingerprint density at radius 3 is 2.34 bits per heavy atom. The molecular weight excluding hydrogens is 507 g/mol. The SMILES string of the molecule is Cc1ccc(N(CC(C)C)S(=O)(=O)c2ccc(OC[C@H]3CCN(C(=O)OC(C)(C)C)C[C@H]3F)cc2)c(C)c1. The summed E-state index contributed by atoms with van der Waals surface area (Å²) in [5.41, 5.74) is 2.00. The van der Waals surface area contributed by atoms with Crippen molar-refractivity contribution in [3.8, 4) is 5.75 Å². The Morgan fingerprint density at radius 2 is 1.79 bits per heavy atom. The monoisotopic (exact) mass is 548 g/mol. The Morgan fingerprint density at radius 1 is 1.13 bits per heavy atom. The number of alkyl halides is 1. The molecule has 0 aliphatic carbocycles. The van der Waals surface area contributed by atoms with Crippen LogP contribution in [0.2, 0.25) is 0 Å². The molecule has 9 heteroatoms. The van der Waals surface area contributed by atoms with E-state index in [1.807, 2.05) is 45.9 Å². The van der Waals surface area contributed by atoms with Crippen molar-refractivity contribution in [3.63, 3.8) is 0 Å². The smallest absolute Gasteiger partial charge is 0.410 e. The summed E-state index contributed by atoms with van der Waals surface area (Å²) < 4.78 is 54.7. The minimum absolute atomic E-state index is 0.0375. The van der Waals surface area contributed by atoms with E-state index in [1.54, 1.807) is 32.9 Å². The Balaban J connectivity index is 1.66. The molecule has 1 aliphatic heterocycles. The maximum atomic E-state index is 14.8. The predicted molar refractivity (Wildman–Crippen MR) is 148 cm³/mol. The van der Waals surface area contributed by atoms with Crippen LogP contribution in [0.4, 0.5) is 14.9 Å². The quantitative estimate of drug-likeness (QED) is 0.397. The van der Waals surface area contributed by atoms with Crippen LogP contribution in [0.1, 0.15) is 52.2 Å². The fourth-order valence-electron chi connectivity index (χ4n) is 4.41. The van der Waals surface area contributed by atoms with Crippen molar-refractivity contribution in [1.29, 1.82) is 0 Å². The van der Waals surface area contributed by atoms with Gasteiger partial charge >= 0.3 is 6.09 Å².